The molecule has 2 rings (SSSR count). The van der Waals surface area contributed by atoms with Crippen LogP contribution in [-0.2, 0) is 4.79 Å². The lowest BCUT2D eigenvalue weighted by atomic mass is 10.1. The van der Waals surface area contributed by atoms with Gasteiger partial charge in [-0.2, -0.15) is 4.98 Å². The minimum absolute atomic E-state index is 0.122. The molecule has 6 heteroatoms. The Morgan fingerprint density at radius 1 is 1.67 bits per heavy atom. The Morgan fingerprint density at radius 3 is 3.20 bits per heavy atom. The minimum Gasteiger partial charge on any atom is -0.356 e. The molecule has 0 aromatic carbocycles. The number of carbonyl (C=O) groups excluding carboxylic acids is 1. The molecule has 1 amide bonds. The summed E-state index contributed by atoms with van der Waals surface area (Å²) in [5.41, 5.74) is 0.512. The van der Waals surface area contributed by atoms with Crippen molar-refractivity contribution in [3.8, 4) is 12.3 Å². The number of fused-ring (bicyclic) bond motifs is 1. The molecule has 0 aliphatic carbocycles. The normalized spacial score (nSPS) is 18.4. The lowest BCUT2D eigenvalue weighted by Crippen LogP contribution is -2.39. The number of amides is 1. The fourth-order valence-corrected chi connectivity index (χ4v) is 1.41. The Hall–Kier alpha value is -1.80. The fourth-order valence-electron chi connectivity index (χ4n) is 1.27. The summed E-state index contributed by atoms with van der Waals surface area (Å²) in [6, 6.07) is -0.464. The Morgan fingerprint density at radius 2 is 2.47 bits per heavy atom. The molecular weight excluding hydrogens is 216 g/mol. The summed E-state index contributed by atoms with van der Waals surface area (Å²) in [5.74, 6) is 2.72. The first-order valence-corrected chi connectivity index (χ1v) is 4.62. The van der Waals surface area contributed by atoms with Gasteiger partial charge in [0.2, 0.25) is 11.2 Å². The van der Waals surface area contributed by atoms with Gasteiger partial charge in [0.25, 0.3) is 0 Å². The van der Waals surface area contributed by atoms with Gasteiger partial charge in [-0.3, -0.25) is 4.79 Å². The van der Waals surface area contributed by atoms with E-state index in [1.54, 1.807) is 0 Å². The summed E-state index contributed by atoms with van der Waals surface area (Å²) in [4.78, 5) is 19.2. The van der Waals surface area contributed by atoms with E-state index in [-0.39, 0.29) is 11.2 Å². The molecule has 0 fully saturated rings. The number of anilines is 2. The van der Waals surface area contributed by atoms with Crippen LogP contribution in [0.2, 0.25) is 5.28 Å². The van der Waals surface area contributed by atoms with Gasteiger partial charge in [-0.1, -0.05) is 0 Å². The first-order valence-electron chi connectivity index (χ1n) is 4.24. The third-order valence-corrected chi connectivity index (χ3v) is 2.15. The molecule has 0 radical (unpaired) electrons. The highest BCUT2D eigenvalue weighted by atomic mass is 35.5. The maximum Gasteiger partial charge on any atom is 0.248 e. The Kier molecular flexibility index (Phi) is 2.44. The van der Waals surface area contributed by atoms with Crippen LogP contribution in [0, 0.1) is 12.3 Å². The molecule has 0 spiro atoms. The summed E-state index contributed by atoms with van der Waals surface area (Å²) in [6.45, 7) is 0. The van der Waals surface area contributed by atoms with E-state index in [0.717, 1.165) is 0 Å². The maximum absolute atomic E-state index is 11.5. The predicted octanol–water partition coefficient (Wildman–Crippen LogP) is 0.886. The van der Waals surface area contributed by atoms with Gasteiger partial charge in [0.1, 0.15) is 11.7 Å². The number of aromatic nitrogens is 2. The second-order valence-corrected chi connectivity index (χ2v) is 3.33. The molecule has 15 heavy (non-hydrogen) atoms. The molecule has 2 N–H and O–H groups in total. The summed E-state index contributed by atoms with van der Waals surface area (Å²) in [7, 11) is 0. The van der Waals surface area contributed by atoms with Crippen LogP contribution in [0.3, 0.4) is 0 Å². The quantitative estimate of drug-likeness (QED) is 0.547. The first-order chi connectivity index (χ1) is 7.20. The number of terminal acetylenes is 1. The zero-order valence-corrected chi connectivity index (χ0v) is 8.38. The third kappa shape index (κ3) is 1.85. The van der Waals surface area contributed by atoms with Crippen LogP contribution < -0.4 is 10.6 Å². The third-order valence-electron chi connectivity index (χ3n) is 1.97. The molecule has 1 aromatic heterocycles. The molecule has 5 nitrogen and oxygen atoms in total. The number of halogens is 1. The lowest BCUT2D eigenvalue weighted by molar-refractivity contribution is -0.117. The monoisotopic (exact) mass is 222 g/mol. The number of rotatable bonds is 1. The van der Waals surface area contributed by atoms with Crippen LogP contribution in [0.25, 0.3) is 0 Å². The van der Waals surface area contributed by atoms with Crippen molar-refractivity contribution in [1.29, 1.82) is 0 Å². The SMILES string of the molecule is C#CC[C@@H]1Nc2nc(Cl)ncc2NC1=O. The van der Waals surface area contributed by atoms with Crippen LogP contribution in [0.15, 0.2) is 6.20 Å². The van der Waals surface area contributed by atoms with Gasteiger partial charge in [0.05, 0.1) is 6.20 Å². The van der Waals surface area contributed by atoms with Crippen LogP contribution in [0.1, 0.15) is 6.42 Å². The lowest BCUT2D eigenvalue weighted by Gasteiger charge is -2.23. The zero-order chi connectivity index (χ0) is 10.8. The average molecular weight is 223 g/mol. The zero-order valence-electron chi connectivity index (χ0n) is 7.62. The number of hydrogen-bond acceptors (Lipinski definition) is 4. The van der Waals surface area contributed by atoms with Crippen LogP contribution in [0.4, 0.5) is 11.5 Å². The van der Waals surface area contributed by atoms with Crippen molar-refractivity contribution in [2.75, 3.05) is 10.6 Å². The van der Waals surface area contributed by atoms with E-state index in [2.05, 4.69) is 26.5 Å². The largest absolute Gasteiger partial charge is 0.356 e. The van der Waals surface area contributed by atoms with Crippen molar-refractivity contribution in [2.45, 2.75) is 12.5 Å². The number of carbonyl (C=O) groups is 1. The number of nitrogens with zero attached hydrogens (tertiary/aromatic N) is 2. The molecular formula is C9H7ClN4O. The summed E-state index contributed by atoms with van der Waals surface area (Å²) >= 11 is 5.62. The Bertz CT molecular complexity index is 454. The second kappa shape index (κ2) is 3.75. The van der Waals surface area contributed by atoms with Crippen molar-refractivity contribution >= 4 is 29.0 Å². The van der Waals surface area contributed by atoms with E-state index in [4.69, 9.17) is 18.0 Å². The minimum atomic E-state index is -0.464. The van der Waals surface area contributed by atoms with Crippen LogP contribution >= 0.6 is 11.6 Å². The van der Waals surface area contributed by atoms with Gasteiger partial charge in [-0.05, 0) is 11.6 Å². The van der Waals surface area contributed by atoms with Crippen LogP contribution in [0.5, 0.6) is 0 Å². The Balaban J connectivity index is 2.31. The Labute approximate surface area is 91.3 Å². The molecule has 76 valence electrons. The molecule has 2 heterocycles. The van der Waals surface area contributed by atoms with Crippen molar-refractivity contribution in [3.05, 3.63) is 11.5 Å². The number of hydrogen-bond donors (Lipinski definition) is 2. The highest BCUT2D eigenvalue weighted by molar-refractivity contribution is 6.28. The molecule has 0 saturated heterocycles. The summed E-state index contributed by atoms with van der Waals surface area (Å²) in [6.07, 6.45) is 6.89. The van der Waals surface area contributed by atoms with E-state index in [1.807, 2.05) is 0 Å². The molecule has 0 bridgehead atoms. The topological polar surface area (TPSA) is 66.9 Å². The van der Waals surface area contributed by atoms with Gasteiger partial charge < -0.3 is 10.6 Å². The van der Waals surface area contributed by atoms with Gasteiger partial charge in [0, 0.05) is 6.42 Å². The van der Waals surface area contributed by atoms with Crippen molar-refractivity contribution < 1.29 is 4.79 Å². The molecule has 1 atom stereocenters. The highest BCUT2D eigenvalue weighted by Crippen LogP contribution is 2.25. The van der Waals surface area contributed by atoms with Gasteiger partial charge in [-0.25, -0.2) is 4.98 Å². The fraction of sp³-hybridized carbons (Fsp3) is 0.222. The summed E-state index contributed by atoms with van der Waals surface area (Å²) < 4.78 is 0. The average Bonchev–Trinajstić information content (AvgIpc) is 2.20. The van der Waals surface area contributed by atoms with Gasteiger partial charge in [-0.15, -0.1) is 12.3 Å². The van der Waals surface area contributed by atoms with Gasteiger partial charge >= 0.3 is 0 Å². The van der Waals surface area contributed by atoms with Crippen molar-refractivity contribution in [1.82, 2.24) is 9.97 Å². The van der Waals surface area contributed by atoms with E-state index in [9.17, 15) is 4.79 Å². The van der Waals surface area contributed by atoms with E-state index < -0.39 is 6.04 Å². The first kappa shape index (κ1) is 9.74. The standard InChI is InChI=1S/C9H7ClN4O/c1-2-3-5-8(15)13-6-4-11-9(10)14-7(6)12-5/h1,4-5H,3H2,(H,13,15)(H,11,12,14)/t5-/m0/s1. The maximum atomic E-state index is 11.5. The van der Waals surface area contributed by atoms with Gasteiger partial charge in [0.15, 0.2) is 5.82 Å². The second-order valence-electron chi connectivity index (χ2n) is 3.00. The van der Waals surface area contributed by atoms with Crippen molar-refractivity contribution in [3.63, 3.8) is 0 Å². The van der Waals surface area contributed by atoms with E-state index >= 15 is 0 Å². The number of nitrogens with one attached hydrogen (secondary N) is 2. The molecule has 1 aliphatic rings. The molecule has 0 unspecified atom stereocenters. The highest BCUT2D eigenvalue weighted by Gasteiger charge is 2.25. The van der Waals surface area contributed by atoms with E-state index in [1.165, 1.54) is 6.20 Å². The van der Waals surface area contributed by atoms with Crippen LogP contribution in [-0.4, -0.2) is 21.9 Å². The smallest absolute Gasteiger partial charge is 0.248 e. The molecule has 1 aliphatic heterocycles. The predicted molar refractivity (Wildman–Crippen MR) is 56.5 cm³/mol. The van der Waals surface area contributed by atoms with E-state index in [0.29, 0.717) is 17.9 Å². The molecule has 0 saturated carbocycles. The van der Waals surface area contributed by atoms with Crippen molar-refractivity contribution in [2.24, 2.45) is 0 Å². The summed E-state index contributed by atoms with van der Waals surface area (Å²) in [5, 5.41) is 5.66. The molecule has 1 aromatic rings.